The van der Waals surface area contributed by atoms with Crippen molar-refractivity contribution in [2.45, 2.75) is 57.6 Å². The van der Waals surface area contributed by atoms with Crippen LogP contribution >= 0.6 is 0 Å². The normalized spacial score (nSPS) is 28.4. The highest BCUT2D eigenvalue weighted by Crippen LogP contribution is 2.26. The Kier molecular flexibility index (Phi) is 5.52. The van der Waals surface area contributed by atoms with E-state index in [-0.39, 0.29) is 30.8 Å². The SMILES string of the molecule is CC(=O)OCCOC1CC(N)C(OC(C)(C)O)C1. The summed E-state index contributed by atoms with van der Waals surface area (Å²) in [5.41, 5.74) is 5.93. The number of aliphatic hydroxyl groups is 1. The molecule has 1 fully saturated rings. The molecule has 3 unspecified atom stereocenters. The number of nitrogens with two attached hydrogens (primary N) is 1. The summed E-state index contributed by atoms with van der Waals surface area (Å²) in [5, 5.41) is 9.58. The van der Waals surface area contributed by atoms with Crippen LogP contribution in [0.5, 0.6) is 0 Å². The molecule has 0 bridgehead atoms. The van der Waals surface area contributed by atoms with Crippen LogP contribution in [0.4, 0.5) is 0 Å². The number of carbonyl (C=O) groups is 1. The average Bonchev–Trinajstić information content (AvgIpc) is 2.52. The summed E-state index contributed by atoms with van der Waals surface area (Å²) in [5.74, 6) is -1.50. The van der Waals surface area contributed by atoms with Gasteiger partial charge in [0.25, 0.3) is 0 Å². The first-order valence-corrected chi connectivity index (χ1v) is 6.18. The Labute approximate surface area is 107 Å². The molecule has 6 heteroatoms. The Morgan fingerprint density at radius 2 is 2.06 bits per heavy atom. The standard InChI is InChI=1S/C12H23NO5/c1-8(14)16-4-5-17-9-6-10(13)11(7-9)18-12(2,3)15/h9-11,15H,4-7,13H2,1-3H3. The lowest BCUT2D eigenvalue weighted by Gasteiger charge is -2.25. The average molecular weight is 261 g/mol. The summed E-state index contributed by atoms with van der Waals surface area (Å²) >= 11 is 0. The number of rotatable bonds is 6. The van der Waals surface area contributed by atoms with E-state index in [9.17, 15) is 9.90 Å². The van der Waals surface area contributed by atoms with Crippen molar-refractivity contribution in [3.8, 4) is 0 Å². The second kappa shape index (κ2) is 6.47. The van der Waals surface area contributed by atoms with E-state index < -0.39 is 5.79 Å². The Bertz CT molecular complexity index is 276. The highest BCUT2D eigenvalue weighted by atomic mass is 16.6. The van der Waals surface area contributed by atoms with Crippen molar-refractivity contribution in [3.63, 3.8) is 0 Å². The quantitative estimate of drug-likeness (QED) is 0.402. The van der Waals surface area contributed by atoms with Crippen LogP contribution in [0, 0.1) is 0 Å². The maximum absolute atomic E-state index is 10.6. The van der Waals surface area contributed by atoms with E-state index >= 15 is 0 Å². The molecule has 0 amide bonds. The molecule has 6 nitrogen and oxygen atoms in total. The molecule has 0 heterocycles. The third kappa shape index (κ3) is 5.77. The van der Waals surface area contributed by atoms with E-state index in [4.69, 9.17) is 19.9 Å². The zero-order valence-corrected chi connectivity index (χ0v) is 11.2. The Morgan fingerprint density at radius 3 is 2.61 bits per heavy atom. The number of hydrogen-bond donors (Lipinski definition) is 2. The van der Waals surface area contributed by atoms with Crippen LogP contribution in [0.25, 0.3) is 0 Å². The predicted octanol–water partition coefficient (Wildman–Crippen LogP) is 0.169. The summed E-state index contributed by atoms with van der Waals surface area (Å²) in [7, 11) is 0. The zero-order chi connectivity index (χ0) is 13.8. The van der Waals surface area contributed by atoms with Gasteiger partial charge in [0.05, 0.1) is 18.8 Å². The Morgan fingerprint density at radius 1 is 1.39 bits per heavy atom. The molecule has 0 aromatic rings. The van der Waals surface area contributed by atoms with Crippen molar-refractivity contribution in [2.75, 3.05) is 13.2 Å². The van der Waals surface area contributed by atoms with Crippen LogP contribution in [0.1, 0.15) is 33.6 Å². The molecule has 3 atom stereocenters. The van der Waals surface area contributed by atoms with Gasteiger partial charge >= 0.3 is 5.97 Å². The second-order valence-electron chi connectivity index (χ2n) is 5.07. The Balaban J connectivity index is 2.24. The summed E-state index contributed by atoms with van der Waals surface area (Å²) in [4.78, 5) is 10.6. The van der Waals surface area contributed by atoms with E-state index in [0.29, 0.717) is 19.4 Å². The van der Waals surface area contributed by atoms with Gasteiger partial charge in [-0.25, -0.2) is 0 Å². The minimum atomic E-state index is -1.19. The van der Waals surface area contributed by atoms with E-state index in [1.807, 2.05) is 0 Å². The van der Waals surface area contributed by atoms with Crippen LogP contribution in [0.15, 0.2) is 0 Å². The third-order valence-electron chi connectivity index (χ3n) is 2.69. The molecule has 0 saturated heterocycles. The van der Waals surface area contributed by atoms with Gasteiger partial charge < -0.3 is 25.1 Å². The van der Waals surface area contributed by atoms with Crippen LogP contribution in [0.3, 0.4) is 0 Å². The molecule has 106 valence electrons. The lowest BCUT2D eigenvalue weighted by Crippen LogP contribution is -2.38. The lowest BCUT2D eigenvalue weighted by atomic mass is 10.2. The van der Waals surface area contributed by atoms with Gasteiger partial charge in [-0.2, -0.15) is 0 Å². The predicted molar refractivity (Wildman–Crippen MR) is 64.8 cm³/mol. The molecule has 18 heavy (non-hydrogen) atoms. The molecule has 1 aliphatic carbocycles. The van der Waals surface area contributed by atoms with Crippen molar-refractivity contribution < 1.29 is 24.1 Å². The van der Waals surface area contributed by atoms with Crippen molar-refractivity contribution in [1.82, 2.24) is 0 Å². The highest BCUT2D eigenvalue weighted by molar-refractivity contribution is 5.65. The van der Waals surface area contributed by atoms with E-state index in [2.05, 4.69) is 0 Å². The summed E-state index contributed by atoms with van der Waals surface area (Å²) < 4.78 is 15.8. The maximum Gasteiger partial charge on any atom is 0.302 e. The van der Waals surface area contributed by atoms with Crippen molar-refractivity contribution in [1.29, 1.82) is 0 Å². The number of carbonyl (C=O) groups excluding carboxylic acids is 1. The summed E-state index contributed by atoms with van der Waals surface area (Å²) in [6.45, 7) is 5.12. The fourth-order valence-corrected chi connectivity index (χ4v) is 2.03. The second-order valence-corrected chi connectivity index (χ2v) is 5.07. The third-order valence-corrected chi connectivity index (χ3v) is 2.69. The van der Waals surface area contributed by atoms with Gasteiger partial charge in [0, 0.05) is 19.4 Å². The van der Waals surface area contributed by atoms with E-state index in [0.717, 1.165) is 0 Å². The highest BCUT2D eigenvalue weighted by Gasteiger charge is 2.36. The largest absolute Gasteiger partial charge is 0.463 e. The van der Waals surface area contributed by atoms with Crippen LogP contribution in [-0.4, -0.2) is 48.3 Å². The number of esters is 1. The van der Waals surface area contributed by atoms with Gasteiger partial charge in [0.2, 0.25) is 0 Å². The molecular weight excluding hydrogens is 238 g/mol. The van der Waals surface area contributed by atoms with Gasteiger partial charge in [-0.1, -0.05) is 0 Å². The first-order chi connectivity index (χ1) is 8.28. The first kappa shape index (κ1) is 15.4. The van der Waals surface area contributed by atoms with Gasteiger partial charge in [0.1, 0.15) is 6.61 Å². The molecule has 0 radical (unpaired) electrons. The molecular formula is C12H23NO5. The van der Waals surface area contributed by atoms with Gasteiger partial charge in [-0.15, -0.1) is 0 Å². The van der Waals surface area contributed by atoms with E-state index in [1.165, 1.54) is 6.92 Å². The molecule has 0 aromatic carbocycles. The smallest absolute Gasteiger partial charge is 0.302 e. The topological polar surface area (TPSA) is 91.0 Å². The summed E-state index contributed by atoms with van der Waals surface area (Å²) in [6, 6.07) is -0.143. The molecule has 1 saturated carbocycles. The minimum absolute atomic E-state index is 0.0112. The van der Waals surface area contributed by atoms with Crippen molar-refractivity contribution >= 4 is 5.97 Å². The fourth-order valence-electron chi connectivity index (χ4n) is 2.03. The van der Waals surface area contributed by atoms with Crippen LogP contribution in [0.2, 0.25) is 0 Å². The number of hydrogen-bond acceptors (Lipinski definition) is 6. The van der Waals surface area contributed by atoms with Crippen LogP contribution in [-0.2, 0) is 19.0 Å². The minimum Gasteiger partial charge on any atom is -0.463 e. The molecule has 1 aliphatic rings. The van der Waals surface area contributed by atoms with Crippen molar-refractivity contribution in [2.24, 2.45) is 5.73 Å². The van der Waals surface area contributed by atoms with Gasteiger partial charge in [-0.05, 0) is 20.3 Å². The molecule has 3 N–H and O–H groups in total. The Hall–Kier alpha value is -0.690. The van der Waals surface area contributed by atoms with Crippen molar-refractivity contribution in [3.05, 3.63) is 0 Å². The summed E-state index contributed by atoms with van der Waals surface area (Å²) in [6.07, 6.45) is 1.11. The van der Waals surface area contributed by atoms with Crippen LogP contribution < -0.4 is 5.73 Å². The number of ether oxygens (including phenoxy) is 3. The fraction of sp³-hybridized carbons (Fsp3) is 0.917. The van der Waals surface area contributed by atoms with Gasteiger partial charge in [-0.3, -0.25) is 4.79 Å². The van der Waals surface area contributed by atoms with E-state index in [1.54, 1.807) is 13.8 Å². The molecule has 0 aliphatic heterocycles. The molecule has 1 rings (SSSR count). The molecule has 0 spiro atoms. The molecule has 0 aromatic heterocycles. The lowest BCUT2D eigenvalue weighted by molar-refractivity contribution is -0.207. The monoisotopic (exact) mass is 261 g/mol. The zero-order valence-electron chi connectivity index (χ0n) is 11.2. The maximum atomic E-state index is 10.6. The van der Waals surface area contributed by atoms with Gasteiger partial charge in [0.15, 0.2) is 5.79 Å². The first-order valence-electron chi connectivity index (χ1n) is 6.18.